The average molecular weight is 290 g/mol. The molecule has 1 aromatic heterocycles. The summed E-state index contributed by atoms with van der Waals surface area (Å²) in [5, 5.41) is 17.3. The molecule has 1 aromatic carbocycles. The number of rotatable bonds is 8. The van der Waals surface area contributed by atoms with Gasteiger partial charge in [-0.3, -0.25) is 4.68 Å². The number of hydrogen-bond acceptors (Lipinski definition) is 5. The predicted molar refractivity (Wildman–Crippen MR) is 80.9 cm³/mol. The van der Waals surface area contributed by atoms with Crippen LogP contribution in [0.5, 0.6) is 5.75 Å². The van der Waals surface area contributed by atoms with Gasteiger partial charge in [0, 0.05) is 25.5 Å². The molecular weight excluding hydrogens is 268 g/mol. The van der Waals surface area contributed by atoms with Crippen molar-refractivity contribution in [1.29, 1.82) is 0 Å². The van der Waals surface area contributed by atoms with Crippen molar-refractivity contribution in [3.63, 3.8) is 0 Å². The molecule has 1 heterocycles. The van der Waals surface area contributed by atoms with Gasteiger partial charge in [0.1, 0.15) is 5.75 Å². The zero-order valence-corrected chi connectivity index (χ0v) is 12.1. The maximum Gasteiger partial charge on any atom is 0.119 e. The molecule has 21 heavy (non-hydrogen) atoms. The highest BCUT2D eigenvalue weighted by Gasteiger charge is 2.15. The topological polar surface area (TPSA) is 85.3 Å². The second kappa shape index (κ2) is 7.78. The molecule has 114 valence electrons. The van der Waals surface area contributed by atoms with Crippen LogP contribution in [0.3, 0.4) is 0 Å². The lowest BCUT2D eigenvalue weighted by molar-refractivity contribution is 0.132. The van der Waals surface area contributed by atoms with E-state index in [0.717, 1.165) is 11.3 Å². The zero-order chi connectivity index (χ0) is 15.1. The minimum atomic E-state index is -0.625. The summed E-state index contributed by atoms with van der Waals surface area (Å²) in [6.07, 6.45) is 2.90. The molecule has 0 aliphatic carbocycles. The maximum absolute atomic E-state index is 10.0. The van der Waals surface area contributed by atoms with Gasteiger partial charge in [-0.05, 0) is 23.8 Å². The number of nitrogens with zero attached hydrogens (tertiary/aromatic N) is 2. The van der Waals surface area contributed by atoms with Crippen LogP contribution >= 0.6 is 0 Å². The lowest BCUT2D eigenvalue weighted by Gasteiger charge is -2.19. The fourth-order valence-electron chi connectivity index (χ4n) is 2.04. The standard InChI is InChI=1S/C15H22N4O2/c1-21-13-5-2-4-12(8-13)9-17-10-15(20)14(16)11-19-7-3-6-18-19/h2-8,14-15,17,20H,9-11,16H2,1H3/t14-,15+/m0/s1. The number of aliphatic hydroxyl groups is 1. The van der Waals surface area contributed by atoms with Gasteiger partial charge in [0.15, 0.2) is 0 Å². The van der Waals surface area contributed by atoms with Crippen LogP contribution in [-0.2, 0) is 13.1 Å². The van der Waals surface area contributed by atoms with Gasteiger partial charge < -0.3 is 20.9 Å². The molecule has 0 spiro atoms. The molecule has 0 radical (unpaired) electrons. The van der Waals surface area contributed by atoms with E-state index < -0.39 is 6.10 Å². The molecule has 2 aromatic rings. The zero-order valence-electron chi connectivity index (χ0n) is 12.1. The van der Waals surface area contributed by atoms with Crippen molar-refractivity contribution in [2.45, 2.75) is 25.2 Å². The highest BCUT2D eigenvalue weighted by atomic mass is 16.5. The van der Waals surface area contributed by atoms with Crippen LogP contribution in [0.25, 0.3) is 0 Å². The highest BCUT2D eigenvalue weighted by molar-refractivity contribution is 5.28. The first-order valence-electron chi connectivity index (χ1n) is 6.94. The predicted octanol–water partition coefficient (Wildman–Crippen LogP) is 0.370. The molecule has 0 aliphatic heterocycles. The van der Waals surface area contributed by atoms with E-state index in [1.807, 2.05) is 36.5 Å². The van der Waals surface area contributed by atoms with Gasteiger partial charge >= 0.3 is 0 Å². The lowest BCUT2D eigenvalue weighted by Crippen LogP contribution is -2.44. The van der Waals surface area contributed by atoms with E-state index in [-0.39, 0.29) is 6.04 Å². The van der Waals surface area contributed by atoms with Crippen molar-refractivity contribution in [2.24, 2.45) is 5.73 Å². The molecule has 0 bridgehead atoms. The summed E-state index contributed by atoms with van der Waals surface area (Å²) in [7, 11) is 1.64. The summed E-state index contributed by atoms with van der Waals surface area (Å²) < 4.78 is 6.89. The Kier molecular flexibility index (Phi) is 5.74. The Labute approximate surface area is 124 Å². The summed E-state index contributed by atoms with van der Waals surface area (Å²) in [6, 6.07) is 9.28. The van der Waals surface area contributed by atoms with E-state index in [1.54, 1.807) is 18.0 Å². The smallest absolute Gasteiger partial charge is 0.119 e. The average Bonchev–Trinajstić information content (AvgIpc) is 3.00. The third kappa shape index (κ3) is 4.86. The molecule has 2 atom stereocenters. The van der Waals surface area contributed by atoms with E-state index in [0.29, 0.717) is 19.6 Å². The van der Waals surface area contributed by atoms with E-state index in [1.165, 1.54) is 0 Å². The Hall–Kier alpha value is -1.89. The van der Waals surface area contributed by atoms with Crippen LogP contribution in [0.1, 0.15) is 5.56 Å². The lowest BCUT2D eigenvalue weighted by atomic mass is 10.1. The van der Waals surface area contributed by atoms with E-state index in [4.69, 9.17) is 10.5 Å². The van der Waals surface area contributed by atoms with Crippen LogP contribution < -0.4 is 15.8 Å². The van der Waals surface area contributed by atoms with Crippen LogP contribution in [0.4, 0.5) is 0 Å². The molecule has 0 unspecified atom stereocenters. The molecule has 2 rings (SSSR count). The number of nitrogens with two attached hydrogens (primary N) is 1. The third-order valence-corrected chi connectivity index (χ3v) is 3.27. The number of methoxy groups -OCH3 is 1. The molecule has 6 heteroatoms. The van der Waals surface area contributed by atoms with Crippen molar-refractivity contribution >= 4 is 0 Å². The number of aromatic nitrogens is 2. The number of nitrogens with one attached hydrogen (secondary N) is 1. The van der Waals surface area contributed by atoms with E-state index in [9.17, 15) is 5.11 Å². The Morgan fingerprint density at radius 2 is 2.29 bits per heavy atom. The number of aliphatic hydroxyl groups excluding tert-OH is 1. The van der Waals surface area contributed by atoms with Gasteiger partial charge in [-0.15, -0.1) is 0 Å². The van der Waals surface area contributed by atoms with Crippen LogP contribution in [0.2, 0.25) is 0 Å². The quantitative estimate of drug-likeness (QED) is 0.654. The van der Waals surface area contributed by atoms with Crippen molar-refractivity contribution in [2.75, 3.05) is 13.7 Å². The van der Waals surface area contributed by atoms with Crippen LogP contribution in [0, 0.1) is 0 Å². The monoisotopic (exact) mass is 290 g/mol. The van der Waals surface area contributed by atoms with Gasteiger partial charge in [0.2, 0.25) is 0 Å². The van der Waals surface area contributed by atoms with Gasteiger partial charge in [0.25, 0.3) is 0 Å². The van der Waals surface area contributed by atoms with Gasteiger partial charge in [-0.1, -0.05) is 12.1 Å². The molecule has 0 saturated heterocycles. The molecule has 0 fully saturated rings. The molecule has 4 N–H and O–H groups in total. The van der Waals surface area contributed by atoms with Crippen LogP contribution in [-0.4, -0.2) is 40.7 Å². The Bertz CT molecular complexity index is 530. The summed E-state index contributed by atoms with van der Waals surface area (Å²) >= 11 is 0. The van der Waals surface area contributed by atoms with Gasteiger partial charge in [0.05, 0.1) is 25.8 Å². The highest BCUT2D eigenvalue weighted by Crippen LogP contribution is 2.12. The SMILES string of the molecule is COc1cccc(CNC[C@@H](O)[C@@H](N)Cn2cccn2)c1. The molecule has 0 saturated carbocycles. The summed E-state index contributed by atoms with van der Waals surface area (Å²) in [6.45, 7) is 1.58. The molecular formula is C15H22N4O2. The maximum atomic E-state index is 10.0. The minimum Gasteiger partial charge on any atom is -0.497 e. The normalized spacial score (nSPS) is 13.9. The fourth-order valence-corrected chi connectivity index (χ4v) is 2.04. The second-order valence-electron chi connectivity index (χ2n) is 4.94. The van der Waals surface area contributed by atoms with Crippen molar-refractivity contribution in [1.82, 2.24) is 15.1 Å². The summed E-state index contributed by atoms with van der Waals surface area (Å²) in [5.41, 5.74) is 7.06. The van der Waals surface area contributed by atoms with Crippen LogP contribution in [0.15, 0.2) is 42.7 Å². The first kappa shape index (κ1) is 15.5. The molecule has 0 aliphatic rings. The van der Waals surface area contributed by atoms with Crippen molar-refractivity contribution < 1.29 is 9.84 Å². The number of hydrogen-bond donors (Lipinski definition) is 3. The Balaban J connectivity index is 1.74. The van der Waals surface area contributed by atoms with Gasteiger partial charge in [-0.25, -0.2) is 0 Å². The first-order valence-corrected chi connectivity index (χ1v) is 6.94. The number of benzene rings is 1. The second-order valence-corrected chi connectivity index (χ2v) is 4.94. The van der Waals surface area contributed by atoms with Crippen molar-refractivity contribution in [3.8, 4) is 5.75 Å². The third-order valence-electron chi connectivity index (χ3n) is 3.27. The first-order chi connectivity index (χ1) is 10.2. The summed E-state index contributed by atoms with van der Waals surface area (Å²) in [4.78, 5) is 0. The fraction of sp³-hybridized carbons (Fsp3) is 0.400. The Morgan fingerprint density at radius 1 is 1.43 bits per heavy atom. The van der Waals surface area contributed by atoms with Crippen molar-refractivity contribution in [3.05, 3.63) is 48.3 Å². The van der Waals surface area contributed by atoms with E-state index in [2.05, 4.69) is 10.4 Å². The van der Waals surface area contributed by atoms with E-state index >= 15 is 0 Å². The molecule has 0 amide bonds. The largest absolute Gasteiger partial charge is 0.497 e. The summed E-state index contributed by atoms with van der Waals surface area (Å²) in [5.74, 6) is 0.824. The van der Waals surface area contributed by atoms with Gasteiger partial charge in [-0.2, -0.15) is 5.10 Å². The minimum absolute atomic E-state index is 0.359. The Morgan fingerprint density at radius 3 is 3.00 bits per heavy atom. The number of ether oxygens (including phenoxy) is 1. The molecule has 6 nitrogen and oxygen atoms in total.